The summed E-state index contributed by atoms with van der Waals surface area (Å²) in [5.41, 5.74) is 0.756. The van der Waals surface area contributed by atoms with Crippen LogP contribution in [-0.4, -0.2) is 23.5 Å². The monoisotopic (exact) mass is 347 g/mol. The van der Waals surface area contributed by atoms with Gasteiger partial charge in [-0.1, -0.05) is 31.9 Å². The Bertz CT molecular complexity index is 696. The molecule has 2 aromatic rings. The molecule has 0 aliphatic rings. The zero-order chi connectivity index (χ0) is 17.4. The van der Waals surface area contributed by atoms with Crippen molar-refractivity contribution in [1.29, 1.82) is 0 Å². The highest BCUT2D eigenvalue weighted by molar-refractivity contribution is 7.98. The number of hydrogen-bond acceptors (Lipinski definition) is 4. The van der Waals surface area contributed by atoms with Crippen molar-refractivity contribution in [2.45, 2.75) is 36.8 Å². The third-order valence-electron chi connectivity index (χ3n) is 3.53. The number of benzene rings is 1. The summed E-state index contributed by atoms with van der Waals surface area (Å²) >= 11 is 1.39. The number of carbonyl (C=O) groups is 2. The van der Waals surface area contributed by atoms with Gasteiger partial charge in [0.15, 0.2) is 0 Å². The first-order chi connectivity index (χ1) is 11.6. The summed E-state index contributed by atoms with van der Waals surface area (Å²) in [5.74, 6) is -0.367. The van der Waals surface area contributed by atoms with Gasteiger partial charge in [-0.25, -0.2) is 4.79 Å². The van der Waals surface area contributed by atoms with Crippen LogP contribution in [0.4, 0.5) is 0 Å². The molecule has 1 amide bonds. The molecule has 1 heterocycles. The number of rotatable bonds is 9. The van der Waals surface area contributed by atoms with Crippen LogP contribution in [0.25, 0.3) is 0 Å². The van der Waals surface area contributed by atoms with Crippen molar-refractivity contribution in [3.05, 3.63) is 53.5 Å². The maximum absolute atomic E-state index is 12.3. The predicted octanol–water partition coefficient (Wildman–Crippen LogP) is 4.19. The first-order valence-electron chi connectivity index (χ1n) is 7.93. The Morgan fingerprint density at radius 3 is 2.71 bits per heavy atom. The topological polar surface area (TPSA) is 79.5 Å². The van der Waals surface area contributed by atoms with Crippen LogP contribution in [0.15, 0.2) is 45.9 Å². The Balaban J connectivity index is 2.02. The summed E-state index contributed by atoms with van der Waals surface area (Å²) in [6.07, 6.45) is 4.53. The number of amides is 1. The third-order valence-corrected chi connectivity index (χ3v) is 4.61. The Labute approximate surface area is 145 Å². The van der Waals surface area contributed by atoms with Crippen LogP contribution in [0.1, 0.15) is 52.7 Å². The van der Waals surface area contributed by atoms with E-state index < -0.39 is 5.97 Å². The van der Waals surface area contributed by atoms with Crippen molar-refractivity contribution < 1.29 is 19.1 Å². The van der Waals surface area contributed by atoms with Crippen molar-refractivity contribution >= 4 is 23.6 Å². The molecule has 0 unspecified atom stereocenters. The first-order valence-corrected chi connectivity index (χ1v) is 8.91. The fourth-order valence-electron chi connectivity index (χ4n) is 2.24. The lowest BCUT2D eigenvalue weighted by Crippen LogP contribution is -2.24. The molecule has 0 saturated carbocycles. The lowest BCUT2D eigenvalue weighted by molar-refractivity contribution is 0.0694. The number of hydrogen-bond donors (Lipinski definition) is 2. The highest BCUT2D eigenvalue weighted by atomic mass is 32.2. The molecule has 0 atom stereocenters. The molecule has 6 heteroatoms. The summed E-state index contributed by atoms with van der Waals surface area (Å²) in [6, 6.07) is 8.74. The molecular weight excluding hydrogens is 326 g/mol. The second-order valence-electron chi connectivity index (χ2n) is 5.31. The van der Waals surface area contributed by atoms with Crippen molar-refractivity contribution in [1.82, 2.24) is 5.32 Å². The van der Waals surface area contributed by atoms with Crippen molar-refractivity contribution in [2.24, 2.45) is 0 Å². The van der Waals surface area contributed by atoms with E-state index in [1.54, 1.807) is 6.07 Å². The van der Waals surface area contributed by atoms with Gasteiger partial charge in [0.05, 0.1) is 17.6 Å². The fraction of sp³-hybridized carbons (Fsp3) is 0.333. The molecule has 0 spiro atoms. The fourth-order valence-corrected chi connectivity index (χ4v) is 3.24. The van der Waals surface area contributed by atoms with Crippen LogP contribution < -0.4 is 5.32 Å². The van der Waals surface area contributed by atoms with E-state index in [0.29, 0.717) is 23.6 Å². The van der Waals surface area contributed by atoms with Crippen molar-refractivity contribution in [3.63, 3.8) is 0 Å². The van der Waals surface area contributed by atoms with E-state index >= 15 is 0 Å². The van der Waals surface area contributed by atoms with E-state index in [4.69, 9.17) is 9.52 Å². The molecule has 0 saturated heterocycles. The van der Waals surface area contributed by atoms with Crippen molar-refractivity contribution in [3.8, 4) is 0 Å². The van der Waals surface area contributed by atoms with Gasteiger partial charge in [-0.3, -0.25) is 4.79 Å². The van der Waals surface area contributed by atoms with Gasteiger partial charge in [-0.2, -0.15) is 0 Å². The average Bonchev–Trinajstić information content (AvgIpc) is 3.06. The van der Waals surface area contributed by atoms with Crippen LogP contribution in [0.5, 0.6) is 0 Å². The molecule has 0 bridgehead atoms. The average molecular weight is 347 g/mol. The number of thioether (sulfide) groups is 1. The first kappa shape index (κ1) is 18.1. The van der Waals surface area contributed by atoms with Gasteiger partial charge in [-0.05, 0) is 24.6 Å². The largest absolute Gasteiger partial charge is 0.478 e. The number of nitrogens with one attached hydrogen (secondary N) is 1. The van der Waals surface area contributed by atoms with E-state index in [2.05, 4.69) is 12.2 Å². The van der Waals surface area contributed by atoms with Gasteiger partial charge in [0.2, 0.25) is 0 Å². The van der Waals surface area contributed by atoms with E-state index in [-0.39, 0.29) is 11.5 Å². The quantitative estimate of drug-likeness (QED) is 0.525. The maximum atomic E-state index is 12.3. The molecule has 0 fully saturated rings. The maximum Gasteiger partial charge on any atom is 0.339 e. The zero-order valence-corrected chi connectivity index (χ0v) is 14.4. The standard InChI is InChI=1S/C18H21NO4S/c1-2-3-6-10-19-17(20)14-7-4-5-8-16(14)24-12-15-13(18(21)22)9-11-23-15/h4-5,7-9,11H,2-3,6,10,12H2,1H3,(H,19,20)(H,21,22). The molecule has 1 aromatic carbocycles. The van der Waals surface area contributed by atoms with E-state index in [1.165, 1.54) is 24.1 Å². The van der Waals surface area contributed by atoms with Crippen LogP contribution in [0, 0.1) is 0 Å². The SMILES string of the molecule is CCCCCNC(=O)c1ccccc1SCc1occc1C(=O)O. The smallest absolute Gasteiger partial charge is 0.339 e. The van der Waals surface area contributed by atoms with E-state index in [9.17, 15) is 9.59 Å². The predicted molar refractivity (Wildman–Crippen MR) is 93.5 cm³/mol. The van der Waals surface area contributed by atoms with Crippen LogP contribution in [0.3, 0.4) is 0 Å². The minimum atomic E-state index is -1.01. The van der Waals surface area contributed by atoms with Gasteiger partial charge in [-0.15, -0.1) is 11.8 Å². The number of furan rings is 1. The van der Waals surface area contributed by atoms with E-state index in [0.717, 1.165) is 24.2 Å². The molecule has 24 heavy (non-hydrogen) atoms. The Kier molecular flexibility index (Phi) is 6.93. The molecule has 2 rings (SSSR count). The molecule has 128 valence electrons. The summed E-state index contributed by atoms with van der Waals surface area (Å²) < 4.78 is 5.24. The summed E-state index contributed by atoms with van der Waals surface area (Å²) in [4.78, 5) is 24.2. The minimum absolute atomic E-state index is 0.105. The highest BCUT2D eigenvalue weighted by Gasteiger charge is 2.16. The number of carboxylic acids is 1. The third kappa shape index (κ3) is 4.89. The zero-order valence-electron chi connectivity index (χ0n) is 13.6. The molecule has 0 radical (unpaired) electrons. The number of unbranched alkanes of at least 4 members (excludes halogenated alkanes) is 2. The summed E-state index contributed by atoms with van der Waals surface area (Å²) in [6.45, 7) is 2.78. The van der Waals surface area contributed by atoms with Crippen LogP contribution in [0.2, 0.25) is 0 Å². The number of carbonyl (C=O) groups excluding carboxylic acids is 1. The Morgan fingerprint density at radius 2 is 1.96 bits per heavy atom. The lowest BCUT2D eigenvalue weighted by Gasteiger charge is -2.09. The molecule has 2 N–H and O–H groups in total. The molecule has 0 aliphatic carbocycles. The minimum Gasteiger partial charge on any atom is -0.478 e. The number of carboxylic acid groups (broad SMARTS) is 1. The van der Waals surface area contributed by atoms with Crippen LogP contribution in [-0.2, 0) is 5.75 Å². The van der Waals surface area contributed by atoms with Crippen LogP contribution >= 0.6 is 11.8 Å². The number of aromatic carboxylic acids is 1. The van der Waals surface area contributed by atoms with Gasteiger partial charge in [0.25, 0.3) is 5.91 Å². The van der Waals surface area contributed by atoms with Gasteiger partial charge in [0.1, 0.15) is 11.3 Å². The highest BCUT2D eigenvalue weighted by Crippen LogP contribution is 2.28. The molecule has 5 nitrogen and oxygen atoms in total. The molecule has 0 aliphatic heterocycles. The second kappa shape index (κ2) is 9.17. The van der Waals surface area contributed by atoms with Gasteiger partial charge >= 0.3 is 5.97 Å². The van der Waals surface area contributed by atoms with Crippen molar-refractivity contribution in [2.75, 3.05) is 6.54 Å². The Hall–Kier alpha value is -2.21. The summed E-state index contributed by atoms with van der Waals surface area (Å²) in [5, 5.41) is 12.0. The van der Waals surface area contributed by atoms with Gasteiger partial charge < -0.3 is 14.8 Å². The second-order valence-corrected chi connectivity index (χ2v) is 6.33. The van der Waals surface area contributed by atoms with Gasteiger partial charge in [0, 0.05) is 11.4 Å². The van der Waals surface area contributed by atoms with E-state index in [1.807, 2.05) is 18.2 Å². The Morgan fingerprint density at radius 1 is 1.17 bits per heavy atom. The lowest BCUT2D eigenvalue weighted by atomic mass is 10.2. The molecule has 1 aromatic heterocycles. The normalized spacial score (nSPS) is 10.5. The molecular formula is C18H21NO4S. The summed E-state index contributed by atoms with van der Waals surface area (Å²) in [7, 11) is 0.